The van der Waals surface area contributed by atoms with E-state index in [1.54, 1.807) is 43.3 Å². The van der Waals surface area contributed by atoms with Crippen molar-refractivity contribution in [2.45, 2.75) is 24.4 Å². The molecular formula is C26H26N2O5S. The number of hydrogen-bond donors (Lipinski definition) is 0. The number of ether oxygens (including phenoxy) is 2. The second-order valence-corrected chi connectivity index (χ2v) is 9.73. The Hall–Kier alpha value is -3.49. The number of sulfonamides is 1. The van der Waals surface area contributed by atoms with Crippen LogP contribution in [0.2, 0.25) is 0 Å². The number of methoxy groups -OCH3 is 1. The number of carbonyl (C=O) groups is 1. The maximum Gasteiger partial charge on any atom is 0.355 e. The van der Waals surface area contributed by atoms with E-state index in [4.69, 9.17) is 14.5 Å². The third kappa shape index (κ3) is 4.10. The number of esters is 1. The van der Waals surface area contributed by atoms with Gasteiger partial charge in [-0.05, 0) is 43.7 Å². The molecule has 34 heavy (non-hydrogen) atoms. The van der Waals surface area contributed by atoms with Crippen molar-refractivity contribution in [2.75, 3.05) is 20.3 Å². The summed E-state index contributed by atoms with van der Waals surface area (Å²) in [5.41, 5.74) is 0.574. The highest BCUT2D eigenvalue weighted by atomic mass is 32.2. The Labute approximate surface area is 199 Å². The predicted octanol–water partition coefficient (Wildman–Crippen LogP) is 3.91. The van der Waals surface area contributed by atoms with Gasteiger partial charge < -0.3 is 9.47 Å². The van der Waals surface area contributed by atoms with E-state index in [9.17, 15) is 13.2 Å². The lowest BCUT2D eigenvalue weighted by Crippen LogP contribution is -2.51. The molecule has 3 aromatic rings. The molecule has 1 heterocycles. The van der Waals surface area contributed by atoms with Crippen LogP contribution in [0.15, 0.2) is 88.8 Å². The summed E-state index contributed by atoms with van der Waals surface area (Å²) in [6.45, 7) is 3.54. The summed E-state index contributed by atoms with van der Waals surface area (Å²) in [7, 11) is -2.61. The van der Waals surface area contributed by atoms with E-state index in [2.05, 4.69) is 0 Å². The molecule has 4 rings (SSSR count). The maximum atomic E-state index is 14.0. The zero-order chi connectivity index (χ0) is 24.3. The SMILES string of the molecule is CCOC(=O)C1(c2ccc(OC)cc2)N=C(c2ccccc2)CN1S(=O)(=O)c1ccc(C)cc1. The number of hydrogen-bond acceptors (Lipinski definition) is 6. The Morgan fingerprint density at radius 1 is 1.00 bits per heavy atom. The normalized spacial score (nSPS) is 18.4. The Kier molecular flexibility index (Phi) is 6.54. The van der Waals surface area contributed by atoms with Crippen LogP contribution in [0.3, 0.4) is 0 Å². The standard InChI is InChI=1S/C26H26N2O5S/c1-4-33-25(29)26(21-12-14-22(32-3)15-13-21)27-24(20-8-6-5-7-9-20)18-28(26)34(30,31)23-16-10-19(2)11-17-23/h5-17H,4,18H2,1-3H3. The Balaban J connectivity index is 1.97. The van der Waals surface area contributed by atoms with Gasteiger partial charge in [-0.15, -0.1) is 0 Å². The second kappa shape index (κ2) is 9.40. The lowest BCUT2D eigenvalue weighted by Gasteiger charge is -2.33. The molecule has 7 nitrogen and oxygen atoms in total. The van der Waals surface area contributed by atoms with Gasteiger partial charge in [-0.25, -0.2) is 18.2 Å². The molecule has 1 unspecified atom stereocenters. The molecule has 3 aromatic carbocycles. The van der Waals surface area contributed by atoms with Crippen LogP contribution in [0.1, 0.15) is 23.6 Å². The van der Waals surface area contributed by atoms with Crippen molar-refractivity contribution < 1.29 is 22.7 Å². The minimum atomic E-state index is -4.14. The zero-order valence-corrected chi connectivity index (χ0v) is 20.1. The molecule has 0 saturated heterocycles. The lowest BCUT2D eigenvalue weighted by molar-refractivity contribution is -0.154. The first-order chi connectivity index (χ1) is 16.3. The molecule has 1 aliphatic heterocycles. The highest BCUT2D eigenvalue weighted by Crippen LogP contribution is 2.41. The van der Waals surface area contributed by atoms with Gasteiger partial charge in [-0.1, -0.05) is 60.2 Å². The van der Waals surface area contributed by atoms with Gasteiger partial charge in [-0.3, -0.25) is 0 Å². The largest absolute Gasteiger partial charge is 0.497 e. The number of carbonyl (C=O) groups excluding carboxylic acids is 1. The zero-order valence-electron chi connectivity index (χ0n) is 19.3. The molecule has 176 valence electrons. The smallest absolute Gasteiger partial charge is 0.355 e. The van der Waals surface area contributed by atoms with E-state index < -0.39 is 21.7 Å². The van der Waals surface area contributed by atoms with Gasteiger partial charge in [0.25, 0.3) is 5.66 Å². The average Bonchev–Trinajstić information content (AvgIpc) is 3.28. The average molecular weight is 479 g/mol. The van der Waals surface area contributed by atoms with Crippen LogP contribution in [-0.2, 0) is 25.2 Å². The molecule has 0 N–H and O–H groups in total. The Bertz CT molecular complexity index is 1300. The number of rotatable bonds is 7. The summed E-state index contributed by atoms with van der Waals surface area (Å²) in [4.78, 5) is 18.4. The monoisotopic (exact) mass is 478 g/mol. The van der Waals surface area contributed by atoms with Crippen molar-refractivity contribution in [3.05, 3.63) is 95.6 Å². The van der Waals surface area contributed by atoms with E-state index in [1.807, 2.05) is 37.3 Å². The van der Waals surface area contributed by atoms with Gasteiger partial charge >= 0.3 is 5.97 Å². The molecule has 0 aliphatic carbocycles. The van der Waals surface area contributed by atoms with Crippen LogP contribution in [0.5, 0.6) is 5.75 Å². The molecule has 0 fully saturated rings. The van der Waals surface area contributed by atoms with Gasteiger partial charge in [-0.2, -0.15) is 4.31 Å². The summed E-state index contributed by atoms with van der Waals surface area (Å²) in [6.07, 6.45) is 0. The highest BCUT2D eigenvalue weighted by Gasteiger charge is 2.57. The van der Waals surface area contributed by atoms with Crippen LogP contribution in [0.4, 0.5) is 0 Å². The summed E-state index contributed by atoms with van der Waals surface area (Å²) >= 11 is 0. The number of nitrogens with zero attached hydrogens (tertiary/aromatic N) is 2. The van der Waals surface area contributed by atoms with Crippen LogP contribution < -0.4 is 4.74 Å². The van der Waals surface area contributed by atoms with Crippen molar-refractivity contribution in [2.24, 2.45) is 4.99 Å². The molecule has 1 aliphatic rings. The molecule has 0 aromatic heterocycles. The van der Waals surface area contributed by atoms with E-state index in [1.165, 1.54) is 19.2 Å². The van der Waals surface area contributed by atoms with E-state index in [-0.39, 0.29) is 18.0 Å². The van der Waals surface area contributed by atoms with Crippen molar-refractivity contribution in [1.82, 2.24) is 4.31 Å². The second-order valence-electron chi connectivity index (χ2n) is 7.87. The Morgan fingerprint density at radius 2 is 1.65 bits per heavy atom. The van der Waals surface area contributed by atoms with Crippen molar-refractivity contribution in [3.8, 4) is 5.75 Å². The summed E-state index contributed by atoms with van der Waals surface area (Å²) in [5.74, 6) is -0.192. The van der Waals surface area contributed by atoms with Gasteiger partial charge in [0.05, 0.1) is 30.9 Å². The first-order valence-corrected chi connectivity index (χ1v) is 12.3. The first-order valence-electron chi connectivity index (χ1n) is 10.9. The fourth-order valence-corrected chi connectivity index (χ4v) is 5.54. The topological polar surface area (TPSA) is 85.3 Å². The molecule has 1 atom stereocenters. The quantitative estimate of drug-likeness (QED) is 0.481. The van der Waals surface area contributed by atoms with Gasteiger partial charge in [0.15, 0.2) is 0 Å². The molecule has 0 radical (unpaired) electrons. The Morgan fingerprint density at radius 3 is 2.24 bits per heavy atom. The van der Waals surface area contributed by atoms with E-state index in [0.717, 1.165) is 15.4 Å². The number of aryl methyl sites for hydroxylation is 1. The summed E-state index contributed by atoms with van der Waals surface area (Å²) < 4.78 is 39.7. The minimum Gasteiger partial charge on any atom is -0.497 e. The van der Waals surface area contributed by atoms with E-state index in [0.29, 0.717) is 17.0 Å². The van der Waals surface area contributed by atoms with Crippen LogP contribution in [0.25, 0.3) is 0 Å². The van der Waals surface area contributed by atoms with Crippen molar-refractivity contribution >= 4 is 21.7 Å². The third-order valence-corrected chi connectivity index (χ3v) is 7.56. The fraction of sp³-hybridized carbons (Fsp3) is 0.231. The molecule has 8 heteroatoms. The van der Waals surface area contributed by atoms with E-state index >= 15 is 0 Å². The molecule has 0 amide bonds. The van der Waals surface area contributed by atoms with Crippen LogP contribution in [-0.4, -0.2) is 44.7 Å². The maximum absolute atomic E-state index is 14.0. The summed E-state index contributed by atoms with van der Waals surface area (Å²) in [5, 5.41) is 0. The predicted molar refractivity (Wildman–Crippen MR) is 129 cm³/mol. The van der Waals surface area contributed by atoms with Crippen LogP contribution in [0, 0.1) is 6.92 Å². The number of aliphatic imine (C=N–C) groups is 1. The van der Waals surface area contributed by atoms with Gasteiger partial charge in [0.2, 0.25) is 10.0 Å². The molecule has 0 saturated carbocycles. The van der Waals surface area contributed by atoms with Crippen molar-refractivity contribution in [3.63, 3.8) is 0 Å². The first kappa shape index (κ1) is 23.7. The molecular weight excluding hydrogens is 452 g/mol. The third-order valence-electron chi connectivity index (χ3n) is 5.72. The van der Waals surface area contributed by atoms with Gasteiger partial charge in [0, 0.05) is 5.56 Å². The molecule has 0 spiro atoms. The number of benzene rings is 3. The lowest BCUT2D eigenvalue weighted by atomic mass is 10.0. The fourth-order valence-electron chi connectivity index (χ4n) is 3.95. The van der Waals surface area contributed by atoms with Crippen molar-refractivity contribution in [1.29, 1.82) is 0 Å². The minimum absolute atomic E-state index is 0.0739. The highest BCUT2D eigenvalue weighted by molar-refractivity contribution is 7.89. The molecule has 0 bridgehead atoms. The van der Waals surface area contributed by atoms with Crippen LogP contribution >= 0.6 is 0 Å². The van der Waals surface area contributed by atoms with Gasteiger partial charge in [0.1, 0.15) is 5.75 Å². The summed E-state index contributed by atoms with van der Waals surface area (Å²) in [6, 6.07) is 22.4.